The highest BCUT2D eigenvalue weighted by atomic mass is 79.9. The summed E-state index contributed by atoms with van der Waals surface area (Å²) >= 11 is 5.10. The van der Waals surface area contributed by atoms with E-state index in [9.17, 15) is 4.79 Å². The first kappa shape index (κ1) is 17.1. The van der Waals surface area contributed by atoms with Crippen LogP contribution in [0.3, 0.4) is 0 Å². The molecule has 0 unspecified atom stereocenters. The third-order valence-electron chi connectivity index (χ3n) is 3.62. The first-order valence-electron chi connectivity index (χ1n) is 7.60. The standard InChI is InChI=1S/C18H18BrN3OS/c1-12-9-13(19)7-8-14(12)20-17(23)10-22(2)11-18-21-15-5-3-4-6-16(15)24-18/h3-9H,10-11H2,1-2H3,(H,20,23). The van der Waals surface area contributed by atoms with E-state index in [1.165, 1.54) is 4.70 Å². The lowest BCUT2D eigenvalue weighted by Gasteiger charge is -2.15. The number of carbonyl (C=O) groups excluding carboxylic acids is 1. The van der Waals surface area contributed by atoms with Gasteiger partial charge < -0.3 is 5.32 Å². The lowest BCUT2D eigenvalue weighted by atomic mass is 10.2. The van der Waals surface area contributed by atoms with E-state index >= 15 is 0 Å². The molecule has 0 radical (unpaired) electrons. The van der Waals surface area contributed by atoms with Crippen LogP contribution in [0.25, 0.3) is 10.2 Å². The van der Waals surface area contributed by atoms with Crippen molar-refractivity contribution in [2.24, 2.45) is 0 Å². The second-order valence-electron chi connectivity index (χ2n) is 5.76. The zero-order valence-corrected chi connectivity index (χ0v) is 15.9. The van der Waals surface area contributed by atoms with Gasteiger partial charge in [-0.3, -0.25) is 9.69 Å². The van der Waals surface area contributed by atoms with E-state index in [1.54, 1.807) is 11.3 Å². The van der Waals surface area contributed by atoms with Crippen molar-refractivity contribution < 1.29 is 4.79 Å². The van der Waals surface area contributed by atoms with E-state index in [1.807, 2.05) is 55.3 Å². The third-order valence-corrected chi connectivity index (χ3v) is 5.13. The average molecular weight is 404 g/mol. The molecule has 1 aromatic heterocycles. The molecule has 0 fully saturated rings. The maximum absolute atomic E-state index is 12.2. The van der Waals surface area contributed by atoms with Crippen LogP contribution >= 0.6 is 27.3 Å². The van der Waals surface area contributed by atoms with Gasteiger partial charge in [-0.25, -0.2) is 4.98 Å². The zero-order valence-electron chi connectivity index (χ0n) is 13.5. The van der Waals surface area contributed by atoms with E-state index in [-0.39, 0.29) is 5.91 Å². The van der Waals surface area contributed by atoms with Crippen LogP contribution in [0.1, 0.15) is 10.6 Å². The predicted molar refractivity (Wildman–Crippen MR) is 103 cm³/mol. The first-order valence-corrected chi connectivity index (χ1v) is 9.21. The lowest BCUT2D eigenvalue weighted by molar-refractivity contribution is -0.117. The van der Waals surface area contributed by atoms with Crippen LogP contribution in [0.5, 0.6) is 0 Å². The predicted octanol–water partition coefficient (Wildman–Crippen LogP) is 4.44. The monoisotopic (exact) mass is 403 g/mol. The summed E-state index contributed by atoms with van der Waals surface area (Å²) in [6.45, 7) is 2.96. The molecule has 6 heteroatoms. The maximum atomic E-state index is 12.2. The van der Waals surface area contributed by atoms with Crippen molar-refractivity contribution in [2.75, 3.05) is 18.9 Å². The molecule has 3 aromatic rings. The number of nitrogens with zero attached hydrogens (tertiary/aromatic N) is 2. The molecule has 124 valence electrons. The first-order chi connectivity index (χ1) is 11.5. The Balaban J connectivity index is 1.59. The van der Waals surface area contributed by atoms with Gasteiger partial charge in [-0.05, 0) is 49.9 Å². The average Bonchev–Trinajstić information content (AvgIpc) is 2.91. The lowest BCUT2D eigenvalue weighted by Crippen LogP contribution is -2.30. The number of hydrogen-bond donors (Lipinski definition) is 1. The summed E-state index contributed by atoms with van der Waals surface area (Å²) in [7, 11) is 1.93. The maximum Gasteiger partial charge on any atom is 0.238 e. The van der Waals surface area contributed by atoms with E-state index < -0.39 is 0 Å². The van der Waals surface area contributed by atoms with Gasteiger partial charge in [-0.2, -0.15) is 0 Å². The Kier molecular flexibility index (Phi) is 5.28. The second kappa shape index (κ2) is 7.42. The SMILES string of the molecule is Cc1cc(Br)ccc1NC(=O)CN(C)Cc1nc2ccccc2s1. The van der Waals surface area contributed by atoms with Crippen LogP contribution in [0.4, 0.5) is 5.69 Å². The molecule has 2 aromatic carbocycles. The Morgan fingerprint density at radius 2 is 2.08 bits per heavy atom. The largest absolute Gasteiger partial charge is 0.325 e. The minimum absolute atomic E-state index is 0.0240. The number of aryl methyl sites for hydroxylation is 1. The number of aromatic nitrogens is 1. The molecule has 3 rings (SSSR count). The van der Waals surface area contributed by atoms with Gasteiger partial charge in [0.25, 0.3) is 0 Å². The smallest absolute Gasteiger partial charge is 0.238 e. The Morgan fingerprint density at radius 1 is 1.29 bits per heavy atom. The number of amides is 1. The van der Waals surface area contributed by atoms with Crippen molar-refractivity contribution in [3.63, 3.8) is 0 Å². The summed E-state index contributed by atoms with van der Waals surface area (Å²) in [5.74, 6) is -0.0240. The number of rotatable bonds is 5. The summed E-state index contributed by atoms with van der Waals surface area (Å²) in [5, 5.41) is 3.98. The van der Waals surface area contributed by atoms with E-state index in [0.29, 0.717) is 13.1 Å². The van der Waals surface area contributed by atoms with Crippen LogP contribution in [-0.4, -0.2) is 29.4 Å². The molecule has 1 amide bonds. The highest BCUT2D eigenvalue weighted by molar-refractivity contribution is 9.10. The molecular formula is C18H18BrN3OS. The van der Waals surface area contributed by atoms with Gasteiger partial charge in [0.15, 0.2) is 0 Å². The summed E-state index contributed by atoms with van der Waals surface area (Å²) in [6, 6.07) is 13.9. The van der Waals surface area contributed by atoms with Gasteiger partial charge >= 0.3 is 0 Å². The molecule has 24 heavy (non-hydrogen) atoms. The summed E-state index contributed by atoms with van der Waals surface area (Å²) in [5.41, 5.74) is 2.89. The molecule has 0 saturated heterocycles. The van der Waals surface area contributed by atoms with Crippen molar-refractivity contribution in [1.82, 2.24) is 9.88 Å². The van der Waals surface area contributed by atoms with Crippen LogP contribution in [0.15, 0.2) is 46.9 Å². The highest BCUT2D eigenvalue weighted by Crippen LogP contribution is 2.22. The van der Waals surface area contributed by atoms with Crippen LogP contribution in [0, 0.1) is 6.92 Å². The topological polar surface area (TPSA) is 45.2 Å². The molecule has 0 bridgehead atoms. The number of para-hydroxylation sites is 1. The third kappa shape index (κ3) is 4.20. The molecular weight excluding hydrogens is 386 g/mol. The number of thiazole rings is 1. The van der Waals surface area contributed by atoms with Crippen LogP contribution < -0.4 is 5.32 Å². The van der Waals surface area contributed by atoms with Gasteiger partial charge in [0.05, 0.1) is 23.3 Å². The molecule has 0 aliphatic rings. The van der Waals surface area contributed by atoms with E-state index in [4.69, 9.17) is 0 Å². The number of nitrogens with one attached hydrogen (secondary N) is 1. The van der Waals surface area contributed by atoms with Crippen LogP contribution in [-0.2, 0) is 11.3 Å². The van der Waals surface area contributed by atoms with Crippen LogP contribution in [0.2, 0.25) is 0 Å². The van der Waals surface area contributed by atoms with Gasteiger partial charge in [0.1, 0.15) is 5.01 Å². The minimum Gasteiger partial charge on any atom is -0.325 e. The molecule has 0 aliphatic heterocycles. The van der Waals surface area contributed by atoms with E-state index in [2.05, 4.69) is 32.3 Å². The molecule has 0 aliphatic carbocycles. The summed E-state index contributed by atoms with van der Waals surface area (Å²) in [6.07, 6.45) is 0. The zero-order chi connectivity index (χ0) is 17.1. The van der Waals surface area contributed by atoms with Gasteiger partial charge in [-0.15, -0.1) is 11.3 Å². The number of carbonyl (C=O) groups is 1. The number of anilines is 1. The highest BCUT2D eigenvalue weighted by Gasteiger charge is 2.11. The van der Waals surface area contributed by atoms with Gasteiger partial charge in [0, 0.05) is 10.2 Å². The van der Waals surface area contributed by atoms with Gasteiger partial charge in [0.2, 0.25) is 5.91 Å². The van der Waals surface area contributed by atoms with Crippen molar-refractivity contribution in [2.45, 2.75) is 13.5 Å². The summed E-state index contributed by atoms with van der Waals surface area (Å²) in [4.78, 5) is 18.8. The Hall–Kier alpha value is -1.76. The summed E-state index contributed by atoms with van der Waals surface area (Å²) < 4.78 is 2.18. The molecule has 1 heterocycles. The number of fused-ring (bicyclic) bond motifs is 1. The Bertz CT molecular complexity index is 845. The quantitative estimate of drug-likeness (QED) is 0.684. The Labute approximate surface area is 153 Å². The number of benzene rings is 2. The van der Waals surface area contributed by atoms with Crippen molar-refractivity contribution in [3.05, 3.63) is 57.5 Å². The molecule has 4 nitrogen and oxygen atoms in total. The van der Waals surface area contributed by atoms with Crippen molar-refractivity contribution >= 4 is 49.1 Å². The van der Waals surface area contributed by atoms with E-state index in [0.717, 1.165) is 26.2 Å². The second-order valence-corrected chi connectivity index (χ2v) is 7.79. The minimum atomic E-state index is -0.0240. The molecule has 0 saturated carbocycles. The fraction of sp³-hybridized carbons (Fsp3) is 0.222. The van der Waals surface area contributed by atoms with Crippen molar-refractivity contribution in [1.29, 1.82) is 0 Å². The number of halogens is 1. The molecule has 1 N–H and O–H groups in total. The van der Waals surface area contributed by atoms with Gasteiger partial charge in [-0.1, -0.05) is 28.1 Å². The Morgan fingerprint density at radius 3 is 2.83 bits per heavy atom. The number of likely N-dealkylation sites (N-methyl/N-ethyl adjacent to an activating group) is 1. The normalized spacial score (nSPS) is 11.2. The fourth-order valence-electron chi connectivity index (χ4n) is 2.48. The fourth-order valence-corrected chi connectivity index (χ4v) is 4.00. The van der Waals surface area contributed by atoms with Crippen molar-refractivity contribution in [3.8, 4) is 0 Å². The molecule has 0 spiro atoms. The number of hydrogen-bond acceptors (Lipinski definition) is 4. The molecule has 0 atom stereocenters.